The van der Waals surface area contributed by atoms with Gasteiger partial charge in [0.25, 0.3) is 0 Å². The predicted octanol–water partition coefficient (Wildman–Crippen LogP) is 3.49. The van der Waals surface area contributed by atoms with E-state index < -0.39 is 0 Å². The molecule has 0 saturated heterocycles. The molecule has 0 aliphatic heterocycles. The Hall–Kier alpha value is -2.88. The molecule has 3 rings (SSSR count). The van der Waals surface area contributed by atoms with E-state index in [1.165, 1.54) is 11.8 Å². The minimum absolute atomic E-state index is 0.0147. The summed E-state index contributed by atoms with van der Waals surface area (Å²) in [6, 6.07) is 13.0. The quantitative estimate of drug-likeness (QED) is 0.691. The number of hydrogen-bond donors (Lipinski definition) is 0. The number of aldehydes is 1. The van der Waals surface area contributed by atoms with Crippen LogP contribution >= 0.6 is 0 Å². The fourth-order valence-electron chi connectivity index (χ4n) is 2.15. The van der Waals surface area contributed by atoms with Gasteiger partial charge in [-0.2, -0.15) is 0 Å². The molecule has 4 nitrogen and oxygen atoms in total. The van der Waals surface area contributed by atoms with E-state index in [1.807, 2.05) is 31.2 Å². The van der Waals surface area contributed by atoms with Crippen molar-refractivity contribution in [2.24, 2.45) is 0 Å². The summed E-state index contributed by atoms with van der Waals surface area (Å²) in [5, 5.41) is 0.368. The first-order valence-corrected chi connectivity index (χ1v) is 6.86. The molecule has 0 aliphatic rings. The number of aryl methyl sites for hydroxylation is 1. The Labute approximate surface area is 127 Å². The zero-order valence-electron chi connectivity index (χ0n) is 12.0. The molecule has 0 aliphatic carbocycles. The van der Waals surface area contributed by atoms with Crippen LogP contribution in [-0.4, -0.2) is 6.29 Å². The summed E-state index contributed by atoms with van der Waals surface area (Å²) in [5.74, 6) is 0.607. The third-order valence-electron chi connectivity index (χ3n) is 3.43. The van der Waals surface area contributed by atoms with Gasteiger partial charge in [0.1, 0.15) is 24.2 Å². The molecule has 22 heavy (non-hydrogen) atoms. The van der Waals surface area contributed by atoms with Crippen molar-refractivity contribution in [2.75, 3.05) is 0 Å². The number of fused-ring (bicyclic) bond motifs is 1. The van der Waals surface area contributed by atoms with E-state index in [9.17, 15) is 9.59 Å². The lowest BCUT2D eigenvalue weighted by Crippen LogP contribution is -2.07. The maximum Gasteiger partial charge on any atom is 0.203 e. The molecule has 0 fully saturated rings. The van der Waals surface area contributed by atoms with Gasteiger partial charge < -0.3 is 9.15 Å². The molecule has 1 aromatic heterocycles. The van der Waals surface area contributed by atoms with Gasteiger partial charge in [0.05, 0.1) is 10.9 Å². The summed E-state index contributed by atoms with van der Waals surface area (Å²) >= 11 is 0. The molecule has 0 amide bonds. The molecule has 0 atom stereocenters. The summed E-state index contributed by atoms with van der Waals surface area (Å²) in [6.07, 6.45) is 1.66. The first-order valence-electron chi connectivity index (χ1n) is 6.86. The third kappa shape index (κ3) is 2.76. The van der Waals surface area contributed by atoms with Gasteiger partial charge in [-0.1, -0.05) is 29.8 Å². The van der Waals surface area contributed by atoms with Crippen molar-refractivity contribution >= 4 is 17.3 Å². The molecule has 0 spiro atoms. The van der Waals surface area contributed by atoms with Gasteiger partial charge in [-0.25, -0.2) is 0 Å². The Bertz CT molecular complexity index is 876. The zero-order chi connectivity index (χ0) is 15.5. The average Bonchev–Trinajstić information content (AvgIpc) is 2.55. The summed E-state index contributed by atoms with van der Waals surface area (Å²) in [4.78, 5) is 22.7. The Morgan fingerprint density at radius 3 is 2.64 bits per heavy atom. The van der Waals surface area contributed by atoms with E-state index in [0.29, 0.717) is 29.6 Å². The van der Waals surface area contributed by atoms with Gasteiger partial charge in [-0.15, -0.1) is 0 Å². The fraction of sp³-hybridized carbons (Fsp3) is 0.111. The van der Waals surface area contributed by atoms with Crippen LogP contribution in [-0.2, 0) is 6.61 Å². The molecule has 0 unspecified atom stereocenters. The van der Waals surface area contributed by atoms with Crippen molar-refractivity contribution in [3.8, 4) is 5.75 Å². The Balaban J connectivity index is 1.84. The molecular formula is C18H14O4. The van der Waals surface area contributed by atoms with Gasteiger partial charge in [0.2, 0.25) is 5.43 Å². The monoisotopic (exact) mass is 294 g/mol. The molecule has 0 N–H and O–H groups in total. The average molecular weight is 294 g/mol. The number of carbonyl (C=O) groups is 1. The normalized spacial score (nSPS) is 10.6. The summed E-state index contributed by atoms with van der Waals surface area (Å²) < 4.78 is 11.0. The highest BCUT2D eigenvalue weighted by atomic mass is 16.5. The lowest BCUT2D eigenvalue weighted by Gasteiger charge is -2.07. The summed E-state index contributed by atoms with van der Waals surface area (Å²) in [7, 11) is 0. The first kappa shape index (κ1) is 14.1. The minimum atomic E-state index is -0.332. The highest BCUT2D eigenvalue weighted by Gasteiger charge is 2.07. The molecule has 4 heteroatoms. The molecule has 2 aromatic carbocycles. The standard InChI is InChI=1S/C18H14O4/c1-12-2-4-13(5-3-12)10-21-15-6-7-16-17(8-15)22-11-14(9-19)18(16)20/h2-9,11H,10H2,1H3. The van der Waals surface area contributed by atoms with Crippen LogP contribution in [0, 0.1) is 6.92 Å². The number of benzene rings is 2. The van der Waals surface area contributed by atoms with Crippen LogP contribution in [0.4, 0.5) is 0 Å². The van der Waals surface area contributed by atoms with Crippen molar-refractivity contribution in [2.45, 2.75) is 13.5 Å². The number of carbonyl (C=O) groups excluding carboxylic acids is 1. The van der Waals surface area contributed by atoms with Crippen LogP contribution in [0.1, 0.15) is 21.5 Å². The van der Waals surface area contributed by atoms with Crippen molar-refractivity contribution in [1.29, 1.82) is 0 Å². The molecule has 0 radical (unpaired) electrons. The van der Waals surface area contributed by atoms with E-state index in [1.54, 1.807) is 18.2 Å². The van der Waals surface area contributed by atoms with Gasteiger partial charge >= 0.3 is 0 Å². The fourth-order valence-corrected chi connectivity index (χ4v) is 2.15. The van der Waals surface area contributed by atoms with Crippen LogP contribution in [0.3, 0.4) is 0 Å². The molecule has 0 bridgehead atoms. The SMILES string of the molecule is Cc1ccc(COc2ccc3c(=O)c(C=O)coc3c2)cc1. The minimum Gasteiger partial charge on any atom is -0.489 e. The number of ether oxygens (including phenoxy) is 1. The summed E-state index contributed by atoms with van der Waals surface area (Å²) in [6.45, 7) is 2.46. The van der Waals surface area contributed by atoms with Crippen molar-refractivity contribution in [3.05, 3.63) is 75.6 Å². The highest BCUT2D eigenvalue weighted by molar-refractivity contribution is 5.84. The zero-order valence-corrected chi connectivity index (χ0v) is 12.0. The van der Waals surface area contributed by atoms with Crippen LogP contribution in [0.5, 0.6) is 5.75 Å². The van der Waals surface area contributed by atoms with Crippen molar-refractivity contribution in [3.63, 3.8) is 0 Å². The van der Waals surface area contributed by atoms with Crippen LogP contribution in [0.25, 0.3) is 11.0 Å². The van der Waals surface area contributed by atoms with Gasteiger partial charge in [-0.3, -0.25) is 9.59 Å². The number of hydrogen-bond acceptors (Lipinski definition) is 4. The molecule has 0 saturated carbocycles. The number of rotatable bonds is 4. The topological polar surface area (TPSA) is 56.5 Å². The molecule has 3 aromatic rings. The van der Waals surface area contributed by atoms with E-state index in [2.05, 4.69) is 0 Å². The Morgan fingerprint density at radius 1 is 1.14 bits per heavy atom. The van der Waals surface area contributed by atoms with Crippen molar-refractivity contribution in [1.82, 2.24) is 0 Å². The lowest BCUT2D eigenvalue weighted by atomic mass is 10.1. The third-order valence-corrected chi connectivity index (χ3v) is 3.43. The van der Waals surface area contributed by atoms with E-state index in [4.69, 9.17) is 9.15 Å². The molecule has 1 heterocycles. The molecule has 110 valence electrons. The predicted molar refractivity (Wildman–Crippen MR) is 83.4 cm³/mol. The maximum atomic E-state index is 11.9. The first-order chi connectivity index (χ1) is 10.7. The highest BCUT2D eigenvalue weighted by Crippen LogP contribution is 2.20. The van der Waals surface area contributed by atoms with E-state index in [-0.39, 0.29) is 11.0 Å². The lowest BCUT2D eigenvalue weighted by molar-refractivity contribution is 0.112. The van der Waals surface area contributed by atoms with E-state index >= 15 is 0 Å². The Kier molecular flexibility index (Phi) is 3.74. The largest absolute Gasteiger partial charge is 0.489 e. The second-order valence-corrected chi connectivity index (χ2v) is 5.07. The van der Waals surface area contributed by atoms with Crippen molar-refractivity contribution < 1.29 is 13.9 Å². The van der Waals surface area contributed by atoms with E-state index in [0.717, 1.165) is 5.56 Å². The molecular weight excluding hydrogens is 280 g/mol. The Morgan fingerprint density at radius 2 is 1.91 bits per heavy atom. The second-order valence-electron chi connectivity index (χ2n) is 5.07. The smallest absolute Gasteiger partial charge is 0.203 e. The van der Waals surface area contributed by atoms with Crippen LogP contribution in [0.2, 0.25) is 0 Å². The van der Waals surface area contributed by atoms with Gasteiger partial charge in [0.15, 0.2) is 6.29 Å². The van der Waals surface area contributed by atoms with Gasteiger partial charge in [0, 0.05) is 6.07 Å². The van der Waals surface area contributed by atoms with Crippen LogP contribution < -0.4 is 10.2 Å². The maximum absolute atomic E-state index is 11.9. The van der Waals surface area contributed by atoms with Gasteiger partial charge in [-0.05, 0) is 24.6 Å². The van der Waals surface area contributed by atoms with Crippen LogP contribution in [0.15, 0.2) is 57.9 Å². The summed E-state index contributed by atoms with van der Waals surface area (Å²) in [5.41, 5.74) is 2.34. The second kappa shape index (κ2) is 5.85.